The van der Waals surface area contributed by atoms with E-state index < -0.39 is 11.5 Å². The molecule has 194 valence electrons. The van der Waals surface area contributed by atoms with E-state index in [1.165, 1.54) is 6.07 Å². The first-order valence-electron chi connectivity index (χ1n) is 12.8. The smallest absolute Gasteiger partial charge is 0.251 e. The van der Waals surface area contributed by atoms with Gasteiger partial charge in [-0.15, -0.1) is 10.2 Å². The molecule has 3 aromatic rings. The monoisotopic (exact) mass is 528 g/mol. The molecule has 0 unspecified atom stereocenters. The second-order valence-corrected chi connectivity index (χ2v) is 12.3. The first kappa shape index (κ1) is 23.5. The van der Waals surface area contributed by atoms with Crippen LogP contribution >= 0.6 is 11.6 Å². The van der Waals surface area contributed by atoms with Gasteiger partial charge in [-0.05, 0) is 62.6 Å². The average Bonchev–Trinajstić information content (AvgIpc) is 3.07. The molecule has 2 aliphatic heterocycles. The Hall–Kier alpha value is -2.65. The number of rotatable bonds is 3. The summed E-state index contributed by atoms with van der Waals surface area (Å²) in [7, 11) is 0. The van der Waals surface area contributed by atoms with Crippen LogP contribution in [0.3, 0.4) is 0 Å². The summed E-state index contributed by atoms with van der Waals surface area (Å²) >= 11 is 6.36. The van der Waals surface area contributed by atoms with Gasteiger partial charge >= 0.3 is 0 Å². The first-order chi connectivity index (χ1) is 17.5. The molecule has 4 heterocycles. The van der Waals surface area contributed by atoms with Crippen LogP contribution in [0.15, 0.2) is 30.3 Å². The zero-order chi connectivity index (χ0) is 25.7. The van der Waals surface area contributed by atoms with Gasteiger partial charge in [0.15, 0.2) is 5.82 Å². The van der Waals surface area contributed by atoms with Gasteiger partial charge in [-0.1, -0.05) is 11.6 Å². The van der Waals surface area contributed by atoms with Crippen molar-refractivity contribution >= 4 is 17.4 Å². The van der Waals surface area contributed by atoms with Gasteiger partial charge < -0.3 is 4.90 Å². The molecule has 10 heteroatoms. The summed E-state index contributed by atoms with van der Waals surface area (Å²) in [5.41, 5.74) is 2.03. The number of anilines is 1. The quantitative estimate of drug-likeness (QED) is 0.440. The lowest BCUT2D eigenvalue weighted by molar-refractivity contribution is -0.173. The van der Waals surface area contributed by atoms with Crippen molar-refractivity contribution in [1.29, 1.82) is 0 Å². The molecule has 6 nitrogen and oxygen atoms in total. The van der Waals surface area contributed by atoms with Gasteiger partial charge in [0.2, 0.25) is 0 Å². The Labute approximate surface area is 218 Å². The molecule has 0 N–H and O–H groups in total. The highest BCUT2D eigenvalue weighted by Crippen LogP contribution is 2.57. The van der Waals surface area contributed by atoms with Gasteiger partial charge in [-0.2, -0.15) is 0 Å². The minimum absolute atomic E-state index is 0.152. The van der Waals surface area contributed by atoms with Gasteiger partial charge in [0.25, 0.3) is 5.92 Å². The highest BCUT2D eigenvalue weighted by atomic mass is 35.5. The third-order valence-corrected chi connectivity index (χ3v) is 9.12. The summed E-state index contributed by atoms with van der Waals surface area (Å²) in [6.07, 6.45) is 1.69. The number of hydrogen-bond donors (Lipinski definition) is 0. The number of nitrogens with zero attached hydrogens (tertiary/aromatic N) is 6. The van der Waals surface area contributed by atoms with Crippen LogP contribution in [0.4, 0.5) is 19.0 Å². The van der Waals surface area contributed by atoms with Crippen molar-refractivity contribution < 1.29 is 13.2 Å². The lowest BCUT2D eigenvalue weighted by Gasteiger charge is -2.59. The van der Waals surface area contributed by atoms with Crippen molar-refractivity contribution in [3.8, 4) is 5.69 Å². The zero-order valence-corrected chi connectivity index (χ0v) is 21.6. The lowest BCUT2D eigenvalue weighted by Crippen LogP contribution is -2.62. The van der Waals surface area contributed by atoms with Crippen molar-refractivity contribution in [1.82, 2.24) is 24.6 Å². The van der Waals surface area contributed by atoms with E-state index in [4.69, 9.17) is 11.6 Å². The molecule has 7 rings (SSSR count). The normalized spacial score (nSPS) is 23.5. The Kier molecular flexibility index (Phi) is 4.88. The van der Waals surface area contributed by atoms with Crippen LogP contribution in [-0.4, -0.2) is 49.2 Å². The number of alkyl halides is 2. The molecule has 0 atom stereocenters. The van der Waals surface area contributed by atoms with Crippen LogP contribution in [0.1, 0.15) is 61.4 Å². The molecule has 1 saturated heterocycles. The van der Waals surface area contributed by atoms with E-state index in [-0.39, 0.29) is 30.0 Å². The van der Waals surface area contributed by atoms with Crippen LogP contribution in [0.2, 0.25) is 5.02 Å². The van der Waals surface area contributed by atoms with E-state index in [2.05, 4.69) is 29.5 Å². The summed E-state index contributed by atoms with van der Waals surface area (Å²) < 4.78 is 43.5. The van der Waals surface area contributed by atoms with Gasteiger partial charge in [0.05, 0.1) is 17.9 Å². The van der Waals surface area contributed by atoms with E-state index in [1.807, 2.05) is 25.1 Å². The van der Waals surface area contributed by atoms with Crippen molar-refractivity contribution in [2.45, 2.75) is 70.0 Å². The van der Waals surface area contributed by atoms with E-state index >= 15 is 0 Å². The minimum atomic E-state index is -2.61. The van der Waals surface area contributed by atoms with Crippen LogP contribution < -0.4 is 4.90 Å². The Morgan fingerprint density at radius 2 is 1.78 bits per heavy atom. The molecule has 2 aromatic heterocycles. The van der Waals surface area contributed by atoms with Crippen LogP contribution in [0.5, 0.6) is 0 Å². The van der Waals surface area contributed by atoms with Gasteiger partial charge in [0, 0.05) is 54.4 Å². The summed E-state index contributed by atoms with van der Waals surface area (Å²) in [5.74, 6) is -0.0829. The molecule has 3 fully saturated rings. The average molecular weight is 529 g/mol. The topological polar surface area (TPSA) is 50.1 Å². The molecule has 4 aliphatic rings. The van der Waals surface area contributed by atoms with Crippen molar-refractivity contribution in [3.05, 3.63) is 64.1 Å². The highest BCUT2D eigenvalue weighted by Gasteiger charge is 2.57. The molecule has 2 saturated carbocycles. The summed E-state index contributed by atoms with van der Waals surface area (Å²) in [5, 5.41) is 9.83. The highest BCUT2D eigenvalue weighted by molar-refractivity contribution is 6.30. The molecule has 2 aliphatic carbocycles. The first-order valence-corrected chi connectivity index (χ1v) is 13.2. The SMILES string of the molecule is Cc1nc(N2CC3(CC(c4nnc5n4-c4ccc(Cl)cc4CN(C4(C)CC(F)(F)C4)C5)C3)C2)ccc1F. The molecule has 37 heavy (non-hydrogen) atoms. The van der Waals surface area contributed by atoms with Gasteiger partial charge in [-0.25, -0.2) is 18.2 Å². The number of pyridine rings is 1. The maximum Gasteiger partial charge on any atom is 0.251 e. The number of aryl methyl sites for hydroxylation is 1. The predicted molar refractivity (Wildman–Crippen MR) is 134 cm³/mol. The Morgan fingerprint density at radius 3 is 2.49 bits per heavy atom. The maximum absolute atomic E-state index is 13.9. The van der Waals surface area contributed by atoms with E-state index in [0.29, 0.717) is 23.8 Å². The fraction of sp³-hybridized carbons (Fsp3) is 0.519. The number of fused-ring (bicyclic) bond motifs is 3. The molecule has 1 spiro atoms. The standard InChI is InChI=1S/C27H28ClF3N6/c1-16-20(29)4-6-22(32-16)35-14-26(15-35)8-18(9-26)24-34-33-23-11-36(25(2)12-27(30,31)13-25)10-17-7-19(28)3-5-21(17)37(23)24/h3-7,18H,8-15H2,1-2H3. The fourth-order valence-corrected chi connectivity index (χ4v) is 7.21. The lowest BCUT2D eigenvalue weighted by atomic mass is 9.57. The molecular weight excluding hydrogens is 501 g/mol. The third kappa shape index (κ3) is 3.68. The number of hydrogen-bond acceptors (Lipinski definition) is 5. The van der Waals surface area contributed by atoms with Crippen molar-refractivity contribution in [2.75, 3.05) is 18.0 Å². The Morgan fingerprint density at radius 1 is 1.03 bits per heavy atom. The van der Waals surface area contributed by atoms with Gasteiger partial charge in [0.1, 0.15) is 17.5 Å². The predicted octanol–water partition coefficient (Wildman–Crippen LogP) is 5.65. The van der Waals surface area contributed by atoms with E-state index in [1.54, 1.807) is 13.0 Å². The summed E-state index contributed by atoms with van der Waals surface area (Å²) in [6.45, 7) is 6.40. The second kappa shape index (κ2) is 7.69. The summed E-state index contributed by atoms with van der Waals surface area (Å²) in [4.78, 5) is 8.71. The fourth-order valence-electron chi connectivity index (χ4n) is 7.02. The van der Waals surface area contributed by atoms with Gasteiger partial charge in [-0.3, -0.25) is 9.47 Å². The van der Waals surface area contributed by atoms with Crippen LogP contribution in [0, 0.1) is 18.2 Å². The zero-order valence-electron chi connectivity index (χ0n) is 20.8. The number of benzene rings is 1. The molecule has 0 amide bonds. The van der Waals surface area contributed by atoms with Crippen molar-refractivity contribution in [3.63, 3.8) is 0 Å². The number of halogens is 4. The summed E-state index contributed by atoms with van der Waals surface area (Å²) in [6, 6.07) is 9.03. The molecule has 0 bridgehead atoms. The molecular formula is C27H28ClF3N6. The van der Waals surface area contributed by atoms with Crippen LogP contribution in [-0.2, 0) is 13.1 Å². The number of aromatic nitrogens is 4. The van der Waals surface area contributed by atoms with E-state index in [9.17, 15) is 13.2 Å². The van der Waals surface area contributed by atoms with Crippen molar-refractivity contribution in [2.24, 2.45) is 5.41 Å². The molecule has 1 aromatic carbocycles. The largest absolute Gasteiger partial charge is 0.355 e. The van der Waals surface area contributed by atoms with E-state index in [0.717, 1.165) is 54.6 Å². The van der Waals surface area contributed by atoms with Crippen LogP contribution in [0.25, 0.3) is 5.69 Å². The molecule has 0 radical (unpaired) electrons. The Balaban J connectivity index is 1.14. The maximum atomic E-state index is 13.9. The Bertz CT molecular complexity index is 1400. The minimum Gasteiger partial charge on any atom is -0.355 e. The third-order valence-electron chi connectivity index (χ3n) is 8.88. The second-order valence-electron chi connectivity index (χ2n) is 11.8.